The van der Waals surface area contributed by atoms with Crippen LogP contribution in [-0.4, -0.2) is 5.91 Å². The molecule has 0 aromatic carbocycles. The molecule has 110 valence electrons. The summed E-state index contributed by atoms with van der Waals surface area (Å²) in [5, 5.41) is 5.37. The van der Waals surface area contributed by atoms with E-state index in [1.807, 2.05) is 0 Å². The molecule has 2 aliphatic rings. The SMILES string of the molecule is CC(C)[C@H](NC(=O)C[C@H]1C[C@H]2CC[C@H]1C2)c1cccs1. The molecule has 1 amide bonds. The van der Waals surface area contributed by atoms with E-state index in [1.165, 1.54) is 30.6 Å². The molecular formula is C17H25NOS. The van der Waals surface area contributed by atoms with E-state index in [0.29, 0.717) is 11.8 Å². The summed E-state index contributed by atoms with van der Waals surface area (Å²) in [6.45, 7) is 4.37. The van der Waals surface area contributed by atoms with Crippen molar-refractivity contribution in [2.24, 2.45) is 23.7 Å². The van der Waals surface area contributed by atoms with Crippen LogP contribution in [0.2, 0.25) is 0 Å². The van der Waals surface area contributed by atoms with E-state index in [-0.39, 0.29) is 11.9 Å². The highest BCUT2D eigenvalue weighted by atomic mass is 32.1. The van der Waals surface area contributed by atoms with Crippen LogP contribution in [0.25, 0.3) is 0 Å². The lowest BCUT2D eigenvalue weighted by Crippen LogP contribution is -2.33. The van der Waals surface area contributed by atoms with Gasteiger partial charge in [-0.25, -0.2) is 0 Å². The number of nitrogens with one attached hydrogen (secondary N) is 1. The maximum atomic E-state index is 12.4. The van der Waals surface area contributed by atoms with Crippen LogP contribution in [0.5, 0.6) is 0 Å². The minimum Gasteiger partial charge on any atom is -0.348 e. The fraction of sp³-hybridized carbons (Fsp3) is 0.706. The van der Waals surface area contributed by atoms with E-state index in [9.17, 15) is 4.79 Å². The van der Waals surface area contributed by atoms with E-state index in [2.05, 4.69) is 36.7 Å². The molecule has 0 spiro atoms. The Hall–Kier alpha value is -0.830. The molecule has 0 aliphatic heterocycles. The van der Waals surface area contributed by atoms with Gasteiger partial charge in [0.15, 0.2) is 0 Å². The first-order valence-corrected chi connectivity index (χ1v) is 8.84. The summed E-state index contributed by atoms with van der Waals surface area (Å²) in [6, 6.07) is 4.38. The highest BCUT2D eigenvalue weighted by Gasteiger charge is 2.40. The normalized spacial score (nSPS) is 29.9. The van der Waals surface area contributed by atoms with Crippen molar-refractivity contribution in [3.05, 3.63) is 22.4 Å². The van der Waals surface area contributed by atoms with Gasteiger partial charge in [0.2, 0.25) is 5.91 Å². The highest BCUT2D eigenvalue weighted by Crippen LogP contribution is 2.49. The van der Waals surface area contributed by atoms with Gasteiger partial charge in [0.25, 0.3) is 0 Å². The van der Waals surface area contributed by atoms with Gasteiger partial charge in [-0.05, 0) is 54.4 Å². The summed E-state index contributed by atoms with van der Waals surface area (Å²) < 4.78 is 0. The lowest BCUT2D eigenvalue weighted by Gasteiger charge is -2.25. The number of hydrogen-bond acceptors (Lipinski definition) is 2. The fourth-order valence-electron chi connectivity index (χ4n) is 4.13. The van der Waals surface area contributed by atoms with Crippen LogP contribution < -0.4 is 5.32 Å². The Balaban J connectivity index is 1.57. The zero-order valence-electron chi connectivity index (χ0n) is 12.5. The Morgan fingerprint density at radius 2 is 2.25 bits per heavy atom. The number of carbonyl (C=O) groups excluding carboxylic acids is 1. The van der Waals surface area contributed by atoms with E-state index in [4.69, 9.17) is 0 Å². The molecular weight excluding hydrogens is 266 g/mol. The lowest BCUT2D eigenvalue weighted by molar-refractivity contribution is -0.123. The zero-order chi connectivity index (χ0) is 14.1. The third-order valence-electron chi connectivity index (χ3n) is 5.16. The van der Waals surface area contributed by atoms with Crippen molar-refractivity contribution in [3.8, 4) is 0 Å². The van der Waals surface area contributed by atoms with Gasteiger partial charge >= 0.3 is 0 Å². The molecule has 2 fully saturated rings. The van der Waals surface area contributed by atoms with Crippen LogP contribution >= 0.6 is 11.3 Å². The molecule has 20 heavy (non-hydrogen) atoms. The third-order valence-corrected chi connectivity index (χ3v) is 6.12. The van der Waals surface area contributed by atoms with Crippen molar-refractivity contribution >= 4 is 17.2 Å². The monoisotopic (exact) mass is 291 g/mol. The Labute approximate surface area is 126 Å². The third kappa shape index (κ3) is 2.93. The van der Waals surface area contributed by atoms with Gasteiger partial charge < -0.3 is 5.32 Å². The Morgan fingerprint density at radius 3 is 2.80 bits per heavy atom. The van der Waals surface area contributed by atoms with Crippen molar-refractivity contribution in [3.63, 3.8) is 0 Å². The van der Waals surface area contributed by atoms with Gasteiger partial charge in [0, 0.05) is 11.3 Å². The zero-order valence-corrected chi connectivity index (χ0v) is 13.3. The molecule has 2 aliphatic carbocycles. The smallest absolute Gasteiger partial charge is 0.220 e. The first-order chi connectivity index (χ1) is 9.63. The summed E-state index contributed by atoms with van der Waals surface area (Å²) in [5.74, 6) is 3.12. The lowest BCUT2D eigenvalue weighted by atomic mass is 9.86. The van der Waals surface area contributed by atoms with E-state index in [1.54, 1.807) is 11.3 Å². The molecule has 1 aromatic rings. The Bertz CT molecular complexity index is 454. The fourth-order valence-corrected chi connectivity index (χ4v) is 5.08. The van der Waals surface area contributed by atoms with Crippen LogP contribution in [0, 0.1) is 23.7 Å². The van der Waals surface area contributed by atoms with Gasteiger partial charge in [-0.3, -0.25) is 4.79 Å². The first-order valence-electron chi connectivity index (χ1n) is 7.96. The minimum atomic E-state index is 0.182. The molecule has 2 saturated carbocycles. The van der Waals surface area contributed by atoms with Crippen LogP contribution in [0.4, 0.5) is 0 Å². The number of carbonyl (C=O) groups is 1. The van der Waals surface area contributed by atoms with E-state index < -0.39 is 0 Å². The summed E-state index contributed by atoms with van der Waals surface area (Å²) >= 11 is 1.74. The molecule has 1 N–H and O–H groups in total. The number of rotatable bonds is 5. The van der Waals surface area contributed by atoms with Crippen molar-refractivity contribution in [2.45, 2.75) is 52.0 Å². The Kier molecular flexibility index (Phi) is 4.16. The van der Waals surface area contributed by atoms with Gasteiger partial charge in [0.1, 0.15) is 0 Å². The van der Waals surface area contributed by atoms with Crippen LogP contribution in [-0.2, 0) is 4.79 Å². The first kappa shape index (κ1) is 14.1. The average molecular weight is 291 g/mol. The molecule has 3 heteroatoms. The predicted molar refractivity (Wildman–Crippen MR) is 83.6 cm³/mol. The van der Waals surface area contributed by atoms with Crippen LogP contribution in [0.3, 0.4) is 0 Å². The quantitative estimate of drug-likeness (QED) is 0.856. The largest absolute Gasteiger partial charge is 0.348 e. The van der Waals surface area contributed by atoms with E-state index in [0.717, 1.165) is 18.3 Å². The number of amides is 1. The average Bonchev–Trinajstić information content (AvgIpc) is 3.12. The maximum Gasteiger partial charge on any atom is 0.220 e. The molecule has 0 unspecified atom stereocenters. The molecule has 2 bridgehead atoms. The number of fused-ring (bicyclic) bond motifs is 2. The second-order valence-corrected chi connectivity index (χ2v) is 7.92. The molecule has 4 atom stereocenters. The summed E-state index contributed by atoms with van der Waals surface area (Å²) in [7, 11) is 0. The summed E-state index contributed by atoms with van der Waals surface area (Å²) in [5.41, 5.74) is 0. The molecule has 0 saturated heterocycles. The Morgan fingerprint density at radius 1 is 1.40 bits per heavy atom. The highest BCUT2D eigenvalue weighted by molar-refractivity contribution is 7.10. The van der Waals surface area contributed by atoms with Gasteiger partial charge in [-0.1, -0.05) is 26.3 Å². The molecule has 3 rings (SSSR count). The van der Waals surface area contributed by atoms with E-state index >= 15 is 0 Å². The van der Waals surface area contributed by atoms with Gasteiger partial charge in [0.05, 0.1) is 6.04 Å². The van der Waals surface area contributed by atoms with Crippen molar-refractivity contribution in [2.75, 3.05) is 0 Å². The van der Waals surface area contributed by atoms with Gasteiger partial charge in [-0.2, -0.15) is 0 Å². The second-order valence-electron chi connectivity index (χ2n) is 6.94. The standard InChI is InChI=1S/C17H25NOS/c1-11(2)17(15-4-3-7-20-15)18-16(19)10-14-9-12-5-6-13(14)8-12/h3-4,7,11-14,17H,5-6,8-10H2,1-2H3,(H,18,19)/t12-,13-,14+,17-/m0/s1. The number of thiophene rings is 1. The van der Waals surface area contributed by atoms with Crippen LogP contribution in [0.1, 0.15) is 56.9 Å². The summed E-state index contributed by atoms with van der Waals surface area (Å²) in [4.78, 5) is 13.7. The summed E-state index contributed by atoms with van der Waals surface area (Å²) in [6.07, 6.45) is 6.20. The van der Waals surface area contributed by atoms with Crippen molar-refractivity contribution in [1.29, 1.82) is 0 Å². The van der Waals surface area contributed by atoms with Crippen molar-refractivity contribution in [1.82, 2.24) is 5.32 Å². The maximum absolute atomic E-state index is 12.4. The van der Waals surface area contributed by atoms with Crippen molar-refractivity contribution < 1.29 is 4.79 Å². The van der Waals surface area contributed by atoms with Crippen LogP contribution in [0.15, 0.2) is 17.5 Å². The topological polar surface area (TPSA) is 29.1 Å². The molecule has 0 radical (unpaired) electrons. The van der Waals surface area contributed by atoms with Gasteiger partial charge in [-0.15, -0.1) is 11.3 Å². The predicted octanol–water partition coefficient (Wildman–Crippen LogP) is 4.39. The number of hydrogen-bond donors (Lipinski definition) is 1. The molecule has 1 heterocycles. The second kappa shape index (κ2) is 5.88. The molecule has 2 nitrogen and oxygen atoms in total. The molecule has 1 aromatic heterocycles. The minimum absolute atomic E-state index is 0.182.